The summed E-state index contributed by atoms with van der Waals surface area (Å²) in [5.41, 5.74) is 5.24. The number of aryl methyl sites for hydroxylation is 1. The molecule has 3 aliphatic rings. The second-order valence-electron chi connectivity index (χ2n) is 15.1. The summed E-state index contributed by atoms with van der Waals surface area (Å²) in [6.45, 7) is 2.54. The van der Waals surface area contributed by atoms with Crippen LogP contribution in [0.25, 0.3) is 22.5 Å². The van der Waals surface area contributed by atoms with E-state index in [0.717, 1.165) is 30.3 Å². The number of amides is 1. The third-order valence-electron chi connectivity index (χ3n) is 9.94. The van der Waals surface area contributed by atoms with Crippen molar-refractivity contribution < 1.29 is 31.6 Å². The molecule has 4 aromatic rings. The third kappa shape index (κ3) is 6.68. The van der Waals surface area contributed by atoms with Crippen molar-refractivity contribution in [2.75, 3.05) is 6.61 Å². The van der Waals surface area contributed by atoms with Crippen molar-refractivity contribution in [2.24, 2.45) is 28.5 Å². The van der Waals surface area contributed by atoms with Crippen LogP contribution in [-0.4, -0.2) is 60.1 Å². The minimum Gasteiger partial charge on any atom is -0.463 e. The molecule has 0 radical (unpaired) electrons. The lowest BCUT2D eigenvalue weighted by molar-refractivity contribution is -0.195. The number of ether oxygens (including phenoxy) is 1. The lowest BCUT2D eigenvalue weighted by Crippen LogP contribution is -2.47. The van der Waals surface area contributed by atoms with Gasteiger partial charge in [-0.25, -0.2) is 14.7 Å². The van der Waals surface area contributed by atoms with Gasteiger partial charge >= 0.3 is 12.1 Å². The summed E-state index contributed by atoms with van der Waals surface area (Å²) in [5.74, 6) is -1.96. The Morgan fingerprint density at radius 2 is 1.85 bits per heavy atom. The molecule has 2 aromatic heterocycles. The Morgan fingerprint density at radius 1 is 1.12 bits per heavy atom. The van der Waals surface area contributed by atoms with Gasteiger partial charge in [0, 0.05) is 28.4 Å². The lowest BCUT2D eigenvalue weighted by atomic mass is 9.75. The van der Waals surface area contributed by atoms with Crippen LogP contribution in [0.15, 0.2) is 66.2 Å². The van der Waals surface area contributed by atoms with Gasteiger partial charge in [-0.1, -0.05) is 62.7 Å². The maximum absolute atomic E-state index is 15.1. The average Bonchev–Trinajstić information content (AvgIpc) is 3.96. The fourth-order valence-electron chi connectivity index (χ4n) is 6.92. The first-order valence-electron chi connectivity index (χ1n) is 18.5. The number of rotatable bonds is 11. The molecule has 3 heterocycles. The lowest BCUT2D eigenvalue weighted by Gasteiger charge is -2.35. The van der Waals surface area contributed by atoms with Crippen LogP contribution in [0.5, 0.6) is 0 Å². The van der Waals surface area contributed by atoms with Gasteiger partial charge in [0.2, 0.25) is 0 Å². The van der Waals surface area contributed by atoms with Crippen LogP contribution in [-0.2, 0) is 26.8 Å². The van der Waals surface area contributed by atoms with E-state index in [2.05, 4.69) is 15.2 Å². The van der Waals surface area contributed by atoms with Gasteiger partial charge in [0.25, 0.3) is 5.91 Å². The summed E-state index contributed by atoms with van der Waals surface area (Å²) in [6.07, 6.45) is 1.37. The van der Waals surface area contributed by atoms with Crippen molar-refractivity contribution in [1.29, 1.82) is 0 Å². The van der Waals surface area contributed by atoms with Crippen molar-refractivity contribution in [1.82, 2.24) is 29.4 Å². The van der Waals surface area contributed by atoms with Crippen LogP contribution in [0.3, 0.4) is 0 Å². The van der Waals surface area contributed by atoms with Crippen LogP contribution in [0, 0.1) is 10.8 Å². The molecule has 15 heteroatoms. The monoisotopic (exact) mass is 739 g/mol. The largest absolute Gasteiger partial charge is 0.463 e. The molecule has 7 rings (SSSR count). The summed E-state index contributed by atoms with van der Waals surface area (Å²) in [4.78, 5) is 38.2. The van der Waals surface area contributed by atoms with Gasteiger partial charge in [0.1, 0.15) is 12.9 Å². The van der Waals surface area contributed by atoms with Crippen molar-refractivity contribution in [3.05, 3.63) is 77.3 Å². The second kappa shape index (κ2) is 12.7. The number of esters is 1. The molecule has 274 valence electrons. The molecule has 0 bridgehead atoms. The minimum absolute atomic E-state index is 0.0954. The van der Waals surface area contributed by atoms with E-state index in [0.29, 0.717) is 16.3 Å². The highest BCUT2D eigenvalue weighted by atomic mass is 35.5. The number of aliphatic imine (C=N–C) groups is 1. The van der Waals surface area contributed by atoms with Crippen LogP contribution in [0.4, 0.5) is 13.2 Å². The quantitative estimate of drug-likeness (QED) is 0.162. The number of carbonyl (C=O) groups excluding carboxylic acids is 2. The van der Waals surface area contributed by atoms with E-state index in [1.807, 2.05) is 55.9 Å². The molecule has 0 unspecified atom stereocenters. The van der Waals surface area contributed by atoms with Gasteiger partial charge in [-0.05, 0) is 66.3 Å². The molecule has 1 amide bonds. The van der Waals surface area contributed by atoms with Crippen LogP contribution in [0.2, 0.25) is 5.02 Å². The van der Waals surface area contributed by atoms with Crippen LogP contribution in [0.1, 0.15) is 86.6 Å². The van der Waals surface area contributed by atoms with E-state index in [-0.39, 0.29) is 47.2 Å². The maximum Gasteiger partial charge on any atom is 0.395 e. The predicted octanol–water partition coefficient (Wildman–Crippen LogP) is 7.14. The van der Waals surface area contributed by atoms with Gasteiger partial charge in [-0.15, -0.1) is 0 Å². The zero-order valence-electron chi connectivity index (χ0n) is 31.8. The average molecular weight is 740 g/mol. The van der Waals surface area contributed by atoms with Crippen molar-refractivity contribution in [2.45, 2.75) is 83.1 Å². The fraction of sp³-hybridized carbons (Fsp3) is 0.459. The van der Waals surface area contributed by atoms with E-state index in [1.165, 1.54) is 23.1 Å². The Hall–Kier alpha value is -4.72. The number of guanidine groups is 1. The Labute approximate surface area is 308 Å². The fourth-order valence-corrected chi connectivity index (χ4v) is 7.12. The first kappa shape index (κ1) is 32.0. The van der Waals surface area contributed by atoms with E-state index in [1.54, 1.807) is 6.20 Å². The maximum atomic E-state index is 15.1. The molecular formula is C37H40ClF3N8O3. The number of nitrogens with two attached hydrogens (primary N) is 1. The molecule has 2 fully saturated rings. The SMILES string of the molecule is [2H]C([2H])([2H])n1ncnc1-c1cc([C@@H](COC(=O)CC2(C(F)(F)F)CC2)N2C(=O)[C@@](CC(C)(C)C)(c3ccc(-c4cnn(C5CC5)c4)cc3)N=C2N)ccc1Cl. The van der Waals surface area contributed by atoms with E-state index in [4.69, 9.17) is 31.2 Å². The number of halogens is 4. The number of hydrogen-bond donors (Lipinski definition) is 1. The standard InChI is InChI=1S/C37H40ClF3N8O3/c1-34(2,3)20-36(25-8-5-22(6-9-25)24-17-44-48(18-24)26-10-11-26)32(51)49(33(42)46-36)29(19-52-30(50)16-35(13-14-35)37(39,40)41)23-7-12-28(38)27(15-23)31-43-21-45-47(31)4/h5-9,12,15,17-18,21,26,29H,10-11,13-14,16,19-20H2,1-4H3,(H2,42,46)/t29-,36-/m1/s1/i4D3. The summed E-state index contributed by atoms with van der Waals surface area (Å²) < 4.78 is 73.3. The third-order valence-corrected chi connectivity index (χ3v) is 10.3. The summed E-state index contributed by atoms with van der Waals surface area (Å²) >= 11 is 6.57. The highest BCUT2D eigenvalue weighted by molar-refractivity contribution is 6.33. The highest BCUT2D eigenvalue weighted by Crippen LogP contribution is 2.60. The molecule has 11 nitrogen and oxygen atoms in total. The number of carbonyl (C=O) groups is 2. The number of benzene rings is 2. The normalized spacial score (nSPS) is 21.7. The predicted molar refractivity (Wildman–Crippen MR) is 188 cm³/mol. The summed E-state index contributed by atoms with van der Waals surface area (Å²) in [7, 11) is 0. The molecule has 0 saturated heterocycles. The Kier molecular flexibility index (Phi) is 7.84. The highest BCUT2D eigenvalue weighted by Gasteiger charge is 2.64. The Morgan fingerprint density at radius 3 is 2.48 bits per heavy atom. The molecular weight excluding hydrogens is 697 g/mol. The second-order valence-corrected chi connectivity index (χ2v) is 15.6. The van der Waals surface area contributed by atoms with E-state index >= 15 is 4.79 Å². The summed E-state index contributed by atoms with van der Waals surface area (Å²) in [5, 5.41) is 8.42. The summed E-state index contributed by atoms with van der Waals surface area (Å²) in [6, 6.07) is 11.0. The van der Waals surface area contributed by atoms with Gasteiger partial charge in [0.05, 0.1) is 35.1 Å². The van der Waals surface area contributed by atoms with E-state index in [9.17, 15) is 18.0 Å². The van der Waals surface area contributed by atoms with Crippen molar-refractivity contribution in [3.8, 4) is 22.5 Å². The zero-order chi connectivity index (χ0) is 39.7. The van der Waals surface area contributed by atoms with Crippen LogP contribution >= 0.6 is 11.6 Å². The zero-order valence-corrected chi connectivity index (χ0v) is 29.6. The number of aromatic nitrogens is 5. The first-order valence-corrected chi connectivity index (χ1v) is 17.4. The Balaban J connectivity index is 1.27. The van der Waals surface area contributed by atoms with Crippen molar-refractivity contribution >= 4 is 29.4 Å². The molecule has 2 atom stereocenters. The van der Waals surface area contributed by atoms with E-state index < -0.39 is 60.5 Å². The number of nitrogens with zero attached hydrogens (tertiary/aromatic N) is 7. The molecule has 2 saturated carbocycles. The van der Waals surface area contributed by atoms with Crippen LogP contribution < -0.4 is 5.73 Å². The Bertz CT molecular complexity index is 2150. The topological polar surface area (TPSA) is 134 Å². The van der Waals surface area contributed by atoms with Gasteiger partial charge in [-0.3, -0.25) is 19.2 Å². The smallest absolute Gasteiger partial charge is 0.395 e. The van der Waals surface area contributed by atoms with Gasteiger partial charge in [-0.2, -0.15) is 23.4 Å². The van der Waals surface area contributed by atoms with Gasteiger partial charge in [0.15, 0.2) is 17.3 Å². The molecule has 2 aliphatic carbocycles. The van der Waals surface area contributed by atoms with Crippen molar-refractivity contribution in [3.63, 3.8) is 0 Å². The molecule has 2 N–H and O–H groups in total. The molecule has 0 spiro atoms. The molecule has 1 aliphatic heterocycles. The first-order chi connectivity index (χ1) is 25.7. The minimum atomic E-state index is -4.59. The molecule has 52 heavy (non-hydrogen) atoms. The van der Waals surface area contributed by atoms with Gasteiger partial charge < -0.3 is 10.5 Å². The number of hydrogen-bond acceptors (Lipinski definition) is 8. The number of alkyl halides is 3. The molecule has 2 aromatic carbocycles.